The second-order valence-electron chi connectivity index (χ2n) is 6.10. The highest BCUT2D eigenvalue weighted by Crippen LogP contribution is 2.21. The van der Waals surface area contributed by atoms with Gasteiger partial charge in [-0.05, 0) is 36.8 Å². The molecule has 3 rings (SSSR count). The average molecular weight is 357 g/mol. The van der Waals surface area contributed by atoms with E-state index in [-0.39, 0.29) is 23.9 Å². The Morgan fingerprint density at radius 3 is 2.58 bits per heavy atom. The molecule has 0 bridgehead atoms. The minimum absolute atomic E-state index is 0.108. The number of amides is 1. The van der Waals surface area contributed by atoms with Gasteiger partial charge in [-0.2, -0.15) is 0 Å². The van der Waals surface area contributed by atoms with Gasteiger partial charge in [-0.25, -0.2) is 9.18 Å². The molecular formula is C19H20FN3O3. The summed E-state index contributed by atoms with van der Waals surface area (Å²) < 4.78 is 21.7. The minimum Gasteiger partial charge on any atom is -0.494 e. The van der Waals surface area contributed by atoms with Crippen molar-refractivity contribution in [2.24, 2.45) is 7.05 Å². The number of methoxy groups -OCH3 is 1. The van der Waals surface area contributed by atoms with Crippen molar-refractivity contribution in [2.45, 2.75) is 19.5 Å². The third-order valence-electron chi connectivity index (χ3n) is 4.41. The zero-order valence-corrected chi connectivity index (χ0v) is 14.8. The summed E-state index contributed by atoms with van der Waals surface area (Å²) in [4.78, 5) is 24.8. The van der Waals surface area contributed by atoms with Crippen LogP contribution in [0.25, 0.3) is 11.0 Å². The number of hydrogen-bond acceptors (Lipinski definition) is 3. The fourth-order valence-corrected chi connectivity index (χ4v) is 2.98. The van der Waals surface area contributed by atoms with Gasteiger partial charge in [-0.3, -0.25) is 13.9 Å². The SMILES string of the molecule is COc1ccc(C(C)NC(=O)Cn2c(=O)n(C)c3ccccc32)cc1F. The Balaban J connectivity index is 1.78. The third-order valence-corrected chi connectivity index (χ3v) is 4.41. The molecule has 1 heterocycles. The second kappa shape index (κ2) is 7.03. The van der Waals surface area contributed by atoms with Crippen LogP contribution in [0.15, 0.2) is 47.3 Å². The zero-order valence-electron chi connectivity index (χ0n) is 14.8. The normalized spacial score (nSPS) is 12.2. The molecule has 0 saturated carbocycles. The van der Waals surface area contributed by atoms with Crippen molar-refractivity contribution in [1.29, 1.82) is 0 Å². The fraction of sp³-hybridized carbons (Fsp3) is 0.263. The van der Waals surface area contributed by atoms with Crippen LogP contribution in [0, 0.1) is 5.82 Å². The number of carbonyl (C=O) groups is 1. The molecule has 0 aliphatic rings. The Morgan fingerprint density at radius 2 is 1.92 bits per heavy atom. The summed E-state index contributed by atoms with van der Waals surface area (Å²) in [7, 11) is 3.06. The van der Waals surface area contributed by atoms with Crippen LogP contribution in [0.5, 0.6) is 5.75 Å². The molecule has 136 valence electrons. The summed E-state index contributed by atoms with van der Waals surface area (Å²) in [5.74, 6) is -0.668. The molecule has 0 radical (unpaired) electrons. The molecule has 1 N–H and O–H groups in total. The van der Waals surface area contributed by atoms with Gasteiger partial charge in [0.2, 0.25) is 5.91 Å². The van der Waals surface area contributed by atoms with Crippen LogP contribution in [-0.2, 0) is 18.4 Å². The first-order chi connectivity index (χ1) is 12.4. The van der Waals surface area contributed by atoms with Gasteiger partial charge in [0.05, 0.1) is 24.2 Å². The molecular weight excluding hydrogens is 337 g/mol. The Morgan fingerprint density at radius 1 is 1.23 bits per heavy atom. The van der Waals surface area contributed by atoms with Crippen LogP contribution in [0.2, 0.25) is 0 Å². The Hall–Kier alpha value is -3.09. The van der Waals surface area contributed by atoms with Crippen molar-refractivity contribution in [1.82, 2.24) is 14.5 Å². The maximum Gasteiger partial charge on any atom is 0.329 e. The van der Waals surface area contributed by atoms with Gasteiger partial charge in [-0.15, -0.1) is 0 Å². The monoisotopic (exact) mass is 357 g/mol. The summed E-state index contributed by atoms with van der Waals surface area (Å²) in [6.45, 7) is 1.65. The topological polar surface area (TPSA) is 65.3 Å². The summed E-state index contributed by atoms with van der Waals surface area (Å²) in [6.07, 6.45) is 0. The van der Waals surface area contributed by atoms with Crippen LogP contribution < -0.4 is 15.7 Å². The molecule has 6 nitrogen and oxygen atoms in total. The molecule has 26 heavy (non-hydrogen) atoms. The Kier molecular flexibility index (Phi) is 4.79. The number of aryl methyl sites for hydroxylation is 1. The number of ether oxygens (including phenoxy) is 1. The molecule has 7 heteroatoms. The minimum atomic E-state index is -0.489. The molecule has 0 spiro atoms. The number of hydrogen-bond donors (Lipinski definition) is 1. The number of benzene rings is 2. The highest BCUT2D eigenvalue weighted by Gasteiger charge is 2.16. The number of fused-ring (bicyclic) bond motifs is 1. The third kappa shape index (κ3) is 3.20. The van der Waals surface area contributed by atoms with E-state index in [1.165, 1.54) is 28.4 Å². The molecule has 0 aliphatic heterocycles. The van der Waals surface area contributed by atoms with E-state index in [0.717, 1.165) is 5.52 Å². The second-order valence-corrected chi connectivity index (χ2v) is 6.10. The van der Waals surface area contributed by atoms with Gasteiger partial charge in [0, 0.05) is 7.05 Å². The van der Waals surface area contributed by atoms with Crippen LogP contribution in [0.3, 0.4) is 0 Å². The number of imidazole rings is 1. The Bertz CT molecular complexity index is 1020. The van der Waals surface area contributed by atoms with E-state index in [9.17, 15) is 14.0 Å². The zero-order chi connectivity index (χ0) is 18.8. The van der Waals surface area contributed by atoms with Crippen LogP contribution in [0.1, 0.15) is 18.5 Å². The molecule has 1 atom stereocenters. The van der Waals surface area contributed by atoms with E-state index < -0.39 is 11.9 Å². The molecule has 1 unspecified atom stereocenters. The van der Waals surface area contributed by atoms with E-state index in [1.807, 2.05) is 18.2 Å². The van der Waals surface area contributed by atoms with Gasteiger partial charge in [0.1, 0.15) is 6.54 Å². The number of aromatic nitrogens is 2. The summed E-state index contributed by atoms with van der Waals surface area (Å²) in [5, 5.41) is 2.80. The average Bonchev–Trinajstić information content (AvgIpc) is 2.87. The quantitative estimate of drug-likeness (QED) is 0.762. The standard InChI is InChI=1S/C19H20FN3O3/c1-12(13-8-9-17(26-3)14(20)10-13)21-18(24)11-23-16-7-5-4-6-15(16)22(2)19(23)25/h4-10,12H,11H2,1-3H3,(H,21,24). The maximum absolute atomic E-state index is 13.8. The van der Waals surface area contributed by atoms with E-state index in [2.05, 4.69) is 5.32 Å². The molecule has 3 aromatic rings. The maximum atomic E-state index is 13.8. The van der Waals surface area contributed by atoms with Crippen molar-refractivity contribution in [3.05, 3.63) is 64.3 Å². The van der Waals surface area contributed by atoms with Crippen molar-refractivity contribution < 1.29 is 13.9 Å². The molecule has 0 fully saturated rings. The van der Waals surface area contributed by atoms with E-state index >= 15 is 0 Å². The van der Waals surface area contributed by atoms with Crippen molar-refractivity contribution in [3.8, 4) is 5.75 Å². The number of rotatable bonds is 5. The summed E-state index contributed by atoms with van der Waals surface area (Å²) in [6, 6.07) is 11.4. The molecule has 1 amide bonds. The van der Waals surface area contributed by atoms with Gasteiger partial charge < -0.3 is 10.1 Å². The number of nitrogens with zero attached hydrogens (tertiary/aromatic N) is 2. The first-order valence-corrected chi connectivity index (χ1v) is 8.19. The molecule has 0 aliphatic carbocycles. The van der Waals surface area contributed by atoms with Gasteiger partial charge in [-0.1, -0.05) is 18.2 Å². The van der Waals surface area contributed by atoms with Crippen LogP contribution >= 0.6 is 0 Å². The van der Waals surface area contributed by atoms with Crippen LogP contribution in [-0.4, -0.2) is 22.2 Å². The molecule has 2 aromatic carbocycles. The van der Waals surface area contributed by atoms with Gasteiger partial charge in [0.25, 0.3) is 0 Å². The predicted octanol–water partition coefficient (Wildman–Crippen LogP) is 2.37. The van der Waals surface area contributed by atoms with Crippen molar-refractivity contribution >= 4 is 16.9 Å². The first-order valence-electron chi connectivity index (χ1n) is 8.19. The van der Waals surface area contributed by atoms with Crippen LogP contribution in [0.4, 0.5) is 4.39 Å². The molecule has 0 saturated heterocycles. The smallest absolute Gasteiger partial charge is 0.329 e. The number of carbonyl (C=O) groups excluding carboxylic acids is 1. The highest BCUT2D eigenvalue weighted by molar-refractivity contribution is 5.81. The highest BCUT2D eigenvalue weighted by atomic mass is 19.1. The molecule has 1 aromatic heterocycles. The number of para-hydroxylation sites is 2. The largest absolute Gasteiger partial charge is 0.494 e. The summed E-state index contributed by atoms with van der Waals surface area (Å²) >= 11 is 0. The van der Waals surface area contributed by atoms with E-state index in [0.29, 0.717) is 11.1 Å². The van der Waals surface area contributed by atoms with Gasteiger partial charge >= 0.3 is 5.69 Å². The van der Waals surface area contributed by atoms with E-state index in [4.69, 9.17) is 4.74 Å². The lowest BCUT2D eigenvalue weighted by Gasteiger charge is -2.15. The lowest BCUT2D eigenvalue weighted by Crippen LogP contribution is -2.34. The Labute approximate surface area is 149 Å². The van der Waals surface area contributed by atoms with Gasteiger partial charge in [0.15, 0.2) is 11.6 Å². The van der Waals surface area contributed by atoms with Crippen molar-refractivity contribution in [3.63, 3.8) is 0 Å². The fourth-order valence-electron chi connectivity index (χ4n) is 2.98. The summed E-state index contributed by atoms with van der Waals surface area (Å²) in [5.41, 5.74) is 1.81. The van der Waals surface area contributed by atoms with E-state index in [1.54, 1.807) is 26.1 Å². The lowest BCUT2D eigenvalue weighted by atomic mass is 10.1. The predicted molar refractivity (Wildman–Crippen MR) is 96.7 cm³/mol. The first kappa shape index (κ1) is 17.7. The van der Waals surface area contributed by atoms with Crippen molar-refractivity contribution in [2.75, 3.05) is 7.11 Å². The lowest BCUT2D eigenvalue weighted by molar-refractivity contribution is -0.122. The number of nitrogens with one attached hydrogen (secondary N) is 1. The number of halogens is 1.